The average Bonchev–Trinajstić information content (AvgIpc) is 3.43. The SMILES string of the molecule is N#Cc1ccc(N2C(=O)[C@@H]3C4C[C@H](CN4C(=O)c4cc(F)cc(F)c4)N3C2=O)cc1C(F)(F)F. The zero-order valence-corrected chi connectivity index (χ0v) is 17.0. The molecule has 3 heterocycles. The number of benzene rings is 2. The third-order valence-electron chi connectivity index (χ3n) is 6.32. The van der Waals surface area contributed by atoms with Crippen molar-refractivity contribution in [3.05, 3.63) is 64.7 Å². The molecule has 3 aliphatic heterocycles. The number of anilines is 1. The van der Waals surface area contributed by atoms with Gasteiger partial charge in [-0.3, -0.25) is 9.59 Å². The van der Waals surface area contributed by atoms with Crippen LogP contribution in [-0.4, -0.2) is 52.3 Å². The predicted octanol–water partition coefficient (Wildman–Crippen LogP) is 3.29. The number of amides is 4. The van der Waals surface area contributed by atoms with Crippen LogP contribution in [0.4, 0.5) is 32.4 Å². The fourth-order valence-corrected chi connectivity index (χ4v) is 4.97. The second kappa shape index (κ2) is 7.24. The minimum Gasteiger partial charge on any atom is -0.331 e. The van der Waals surface area contributed by atoms with Crippen LogP contribution >= 0.6 is 0 Å². The van der Waals surface area contributed by atoms with E-state index in [0.29, 0.717) is 17.0 Å². The Morgan fingerprint density at radius 2 is 1.74 bits per heavy atom. The van der Waals surface area contributed by atoms with Crippen molar-refractivity contribution in [2.75, 3.05) is 11.4 Å². The predicted molar refractivity (Wildman–Crippen MR) is 104 cm³/mol. The molecule has 0 spiro atoms. The van der Waals surface area contributed by atoms with Crippen LogP contribution in [-0.2, 0) is 11.0 Å². The summed E-state index contributed by atoms with van der Waals surface area (Å²) in [6.07, 6.45) is -4.63. The summed E-state index contributed by atoms with van der Waals surface area (Å²) < 4.78 is 67.3. The molecule has 3 aliphatic rings. The molecule has 34 heavy (non-hydrogen) atoms. The maximum absolute atomic E-state index is 13.6. The molecule has 7 nitrogen and oxygen atoms in total. The zero-order chi connectivity index (χ0) is 24.5. The molecule has 0 radical (unpaired) electrons. The molecule has 5 rings (SSSR count). The van der Waals surface area contributed by atoms with Gasteiger partial charge in [-0.25, -0.2) is 18.5 Å². The number of piperazine rings is 1. The number of alkyl halides is 3. The second-order valence-electron chi connectivity index (χ2n) is 8.22. The van der Waals surface area contributed by atoms with Crippen molar-refractivity contribution in [1.29, 1.82) is 5.26 Å². The van der Waals surface area contributed by atoms with E-state index < -0.39 is 64.9 Å². The Morgan fingerprint density at radius 3 is 2.35 bits per heavy atom. The summed E-state index contributed by atoms with van der Waals surface area (Å²) in [4.78, 5) is 42.2. The number of fused-ring (bicyclic) bond motifs is 5. The highest BCUT2D eigenvalue weighted by Gasteiger charge is 2.63. The van der Waals surface area contributed by atoms with Gasteiger partial charge in [0, 0.05) is 18.2 Å². The molecule has 4 amide bonds. The lowest BCUT2D eigenvalue weighted by Crippen LogP contribution is -2.54. The van der Waals surface area contributed by atoms with Gasteiger partial charge >= 0.3 is 12.2 Å². The molecule has 174 valence electrons. The molecule has 2 aromatic carbocycles. The molecule has 0 aromatic heterocycles. The number of urea groups is 1. The molecule has 2 aromatic rings. The van der Waals surface area contributed by atoms with Gasteiger partial charge in [0.15, 0.2) is 0 Å². The Kier molecular flexibility index (Phi) is 4.65. The third-order valence-corrected chi connectivity index (χ3v) is 6.32. The summed E-state index contributed by atoms with van der Waals surface area (Å²) in [5.74, 6) is -3.44. The van der Waals surface area contributed by atoms with Crippen molar-refractivity contribution in [1.82, 2.24) is 9.80 Å². The molecule has 12 heteroatoms. The fourth-order valence-electron chi connectivity index (χ4n) is 4.97. The Bertz CT molecular complexity index is 1280. The van der Waals surface area contributed by atoms with Crippen molar-refractivity contribution in [2.24, 2.45) is 0 Å². The van der Waals surface area contributed by atoms with E-state index in [1.54, 1.807) is 0 Å². The highest BCUT2D eigenvalue weighted by Crippen LogP contribution is 2.44. The van der Waals surface area contributed by atoms with Gasteiger partial charge in [0.2, 0.25) is 0 Å². The Labute approximate surface area is 188 Å². The molecule has 3 saturated heterocycles. The summed E-state index contributed by atoms with van der Waals surface area (Å²) >= 11 is 0. The number of imide groups is 1. The molecule has 0 N–H and O–H groups in total. The standard InChI is InChI=1S/C22H13F5N4O3/c23-12-3-11(4-13(24)5-12)19(32)29-9-15-7-17(29)18-20(33)31(21(34)30(15)18)14-2-1-10(8-28)16(6-14)22(25,26)27/h1-6,15,17-18H,7,9H2/t15-,17?,18+/m1/s1. The smallest absolute Gasteiger partial charge is 0.331 e. The minimum absolute atomic E-state index is 0.00611. The van der Waals surface area contributed by atoms with Crippen LogP contribution in [0.25, 0.3) is 0 Å². The Morgan fingerprint density at radius 1 is 1.06 bits per heavy atom. The number of hydrogen-bond donors (Lipinski definition) is 0. The van der Waals surface area contributed by atoms with E-state index in [1.165, 1.54) is 15.9 Å². The van der Waals surface area contributed by atoms with Crippen molar-refractivity contribution >= 4 is 23.5 Å². The first-order chi connectivity index (χ1) is 16.0. The van der Waals surface area contributed by atoms with Crippen molar-refractivity contribution < 1.29 is 36.3 Å². The normalized spacial score (nSPS) is 23.5. The number of halogens is 5. The molecule has 2 bridgehead atoms. The van der Waals surface area contributed by atoms with Crippen LogP contribution in [0.2, 0.25) is 0 Å². The van der Waals surface area contributed by atoms with Gasteiger partial charge in [0.05, 0.1) is 35.0 Å². The van der Waals surface area contributed by atoms with E-state index in [4.69, 9.17) is 5.26 Å². The van der Waals surface area contributed by atoms with Gasteiger partial charge in [-0.05, 0) is 36.8 Å². The minimum atomic E-state index is -4.88. The number of carbonyl (C=O) groups excluding carboxylic acids is 3. The lowest BCUT2D eigenvalue weighted by Gasteiger charge is -2.34. The van der Waals surface area contributed by atoms with Gasteiger partial charge in [-0.2, -0.15) is 18.4 Å². The van der Waals surface area contributed by atoms with Crippen molar-refractivity contribution in [3.63, 3.8) is 0 Å². The largest absolute Gasteiger partial charge is 0.417 e. The maximum Gasteiger partial charge on any atom is 0.417 e. The number of likely N-dealkylation sites (tertiary alicyclic amines) is 1. The highest BCUT2D eigenvalue weighted by molar-refractivity contribution is 6.22. The van der Waals surface area contributed by atoms with Crippen LogP contribution < -0.4 is 4.90 Å². The number of hydrogen-bond acceptors (Lipinski definition) is 4. The van der Waals surface area contributed by atoms with Crippen molar-refractivity contribution in [2.45, 2.75) is 30.7 Å². The molecule has 0 saturated carbocycles. The van der Waals surface area contributed by atoms with E-state index >= 15 is 0 Å². The molecule has 3 atom stereocenters. The second-order valence-corrected chi connectivity index (χ2v) is 8.22. The van der Waals surface area contributed by atoms with E-state index in [-0.39, 0.29) is 24.2 Å². The lowest BCUT2D eigenvalue weighted by molar-refractivity contribution is -0.137. The first-order valence-electron chi connectivity index (χ1n) is 10.1. The van der Waals surface area contributed by atoms with E-state index in [0.717, 1.165) is 24.3 Å². The Hall–Kier alpha value is -4.01. The summed E-state index contributed by atoms with van der Waals surface area (Å²) in [6.45, 7) is 0.00611. The van der Waals surface area contributed by atoms with Gasteiger partial charge in [-0.1, -0.05) is 0 Å². The summed E-state index contributed by atoms with van der Waals surface area (Å²) in [5, 5.41) is 8.97. The maximum atomic E-state index is 13.6. The van der Waals surface area contributed by atoms with Gasteiger partial charge in [0.25, 0.3) is 11.8 Å². The molecular formula is C22H13F5N4O3. The van der Waals surface area contributed by atoms with Crippen LogP contribution in [0.15, 0.2) is 36.4 Å². The van der Waals surface area contributed by atoms with Gasteiger partial charge in [-0.15, -0.1) is 0 Å². The third kappa shape index (κ3) is 3.11. The number of rotatable bonds is 2. The number of nitrogens with zero attached hydrogens (tertiary/aromatic N) is 4. The van der Waals surface area contributed by atoms with Crippen LogP contribution in [0.1, 0.15) is 27.9 Å². The molecule has 0 aliphatic carbocycles. The summed E-state index contributed by atoms with van der Waals surface area (Å²) in [7, 11) is 0. The van der Waals surface area contributed by atoms with Crippen LogP contribution in [0.5, 0.6) is 0 Å². The summed E-state index contributed by atoms with van der Waals surface area (Å²) in [6, 6.07) is 2.93. The van der Waals surface area contributed by atoms with E-state index in [9.17, 15) is 36.3 Å². The van der Waals surface area contributed by atoms with E-state index in [2.05, 4.69) is 0 Å². The quantitative estimate of drug-likeness (QED) is 0.492. The Balaban J connectivity index is 1.47. The average molecular weight is 476 g/mol. The van der Waals surface area contributed by atoms with Crippen LogP contribution in [0, 0.1) is 23.0 Å². The number of nitriles is 1. The monoisotopic (exact) mass is 476 g/mol. The topological polar surface area (TPSA) is 84.7 Å². The van der Waals surface area contributed by atoms with E-state index in [1.807, 2.05) is 0 Å². The summed E-state index contributed by atoms with van der Waals surface area (Å²) in [5.41, 5.74) is -2.55. The number of carbonyl (C=O) groups is 3. The highest BCUT2D eigenvalue weighted by atomic mass is 19.4. The molecular weight excluding hydrogens is 463 g/mol. The van der Waals surface area contributed by atoms with Gasteiger partial charge in [0.1, 0.15) is 17.7 Å². The first-order valence-corrected chi connectivity index (χ1v) is 10.1. The zero-order valence-electron chi connectivity index (χ0n) is 17.0. The van der Waals surface area contributed by atoms with Crippen LogP contribution in [0.3, 0.4) is 0 Å². The molecule has 3 fully saturated rings. The molecule has 1 unspecified atom stereocenters. The first kappa shape index (κ1) is 21.8. The van der Waals surface area contributed by atoms with Gasteiger partial charge < -0.3 is 9.80 Å². The van der Waals surface area contributed by atoms with Crippen molar-refractivity contribution in [3.8, 4) is 6.07 Å². The lowest BCUT2D eigenvalue weighted by atomic mass is 10.1. The fraction of sp³-hybridized carbons (Fsp3) is 0.273.